The summed E-state index contributed by atoms with van der Waals surface area (Å²) in [6.07, 6.45) is 6.94. The van der Waals surface area contributed by atoms with Gasteiger partial charge in [0.1, 0.15) is 30.4 Å². The highest BCUT2D eigenvalue weighted by molar-refractivity contribution is 5.55. The maximum Gasteiger partial charge on any atom is 0.130 e. The first kappa shape index (κ1) is 18.2. The lowest BCUT2D eigenvalue weighted by molar-refractivity contribution is 0.142. The highest BCUT2D eigenvalue weighted by Gasteiger charge is 2.36. The lowest BCUT2D eigenvalue weighted by atomic mass is 10.1. The van der Waals surface area contributed by atoms with Gasteiger partial charge in [0.2, 0.25) is 0 Å². The van der Waals surface area contributed by atoms with Crippen LogP contribution in [0.1, 0.15) is 30.9 Å². The fourth-order valence-corrected chi connectivity index (χ4v) is 3.47. The molecule has 0 spiro atoms. The number of anilines is 1. The third kappa shape index (κ3) is 4.07. The van der Waals surface area contributed by atoms with Gasteiger partial charge in [-0.15, -0.1) is 0 Å². The van der Waals surface area contributed by atoms with E-state index in [0.717, 1.165) is 28.7 Å². The van der Waals surface area contributed by atoms with Gasteiger partial charge in [-0.25, -0.2) is 0 Å². The quantitative estimate of drug-likeness (QED) is 0.781. The van der Waals surface area contributed by atoms with Crippen LogP contribution < -0.4 is 19.7 Å². The number of hydrogen-bond acceptors (Lipinski definition) is 5. The Bertz CT molecular complexity index is 914. The average molecular weight is 375 g/mol. The molecule has 5 nitrogen and oxygen atoms in total. The highest BCUT2D eigenvalue weighted by Crippen LogP contribution is 2.38. The van der Waals surface area contributed by atoms with E-state index in [1.807, 2.05) is 44.3 Å². The third-order valence-corrected chi connectivity index (χ3v) is 5.10. The van der Waals surface area contributed by atoms with Gasteiger partial charge in [-0.2, -0.15) is 5.26 Å². The van der Waals surface area contributed by atoms with Crippen molar-refractivity contribution in [3.63, 3.8) is 0 Å². The van der Waals surface area contributed by atoms with Gasteiger partial charge in [0.25, 0.3) is 0 Å². The van der Waals surface area contributed by atoms with Crippen molar-refractivity contribution in [2.45, 2.75) is 39.0 Å². The molecule has 1 unspecified atom stereocenters. The molecule has 28 heavy (non-hydrogen) atoms. The molecule has 1 N–H and O–H groups in total. The van der Waals surface area contributed by atoms with E-state index in [4.69, 9.17) is 14.7 Å². The average Bonchev–Trinajstić information content (AvgIpc) is 3.44. The Morgan fingerprint density at radius 1 is 1.25 bits per heavy atom. The smallest absolute Gasteiger partial charge is 0.130 e. The van der Waals surface area contributed by atoms with Crippen LogP contribution in [0.15, 0.2) is 54.9 Å². The van der Waals surface area contributed by atoms with Crippen LogP contribution in [0.4, 0.5) is 5.69 Å². The van der Waals surface area contributed by atoms with Crippen LogP contribution in [0.5, 0.6) is 11.5 Å². The molecule has 1 heterocycles. The van der Waals surface area contributed by atoms with Gasteiger partial charge in [-0.1, -0.05) is 6.07 Å². The predicted octanol–water partition coefficient (Wildman–Crippen LogP) is 4.33. The molecular formula is C23H25N3O2. The van der Waals surface area contributed by atoms with Crippen LogP contribution in [0.2, 0.25) is 0 Å². The van der Waals surface area contributed by atoms with Crippen LogP contribution in [0.25, 0.3) is 0 Å². The summed E-state index contributed by atoms with van der Waals surface area (Å²) >= 11 is 0. The van der Waals surface area contributed by atoms with Crippen LogP contribution in [0.3, 0.4) is 0 Å². The molecule has 4 rings (SSSR count). The van der Waals surface area contributed by atoms with Crippen LogP contribution in [0, 0.1) is 24.2 Å². The van der Waals surface area contributed by atoms with E-state index in [9.17, 15) is 0 Å². The van der Waals surface area contributed by atoms with Gasteiger partial charge in [-0.3, -0.25) is 0 Å². The summed E-state index contributed by atoms with van der Waals surface area (Å²) in [5.41, 5.74) is 2.72. The molecule has 144 valence electrons. The number of nitriles is 1. The number of aryl methyl sites for hydroxylation is 1. The molecule has 0 bridgehead atoms. The molecule has 0 radical (unpaired) electrons. The van der Waals surface area contributed by atoms with Crippen molar-refractivity contribution in [3.05, 3.63) is 66.0 Å². The van der Waals surface area contributed by atoms with Gasteiger partial charge in [0.15, 0.2) is 0 Å². The van der Waals surface area contributed by atoms with E-state index in [1.165, 1.54) is 12.8 Å². The first-order chi connectivity index (χ1) is 13.6. The molecule has 1 aliphatic heterocycles. The SMILES string of the molecule is Cc1cc(C#N)ccc1O[C@H](C)COc1cccc(N2C=CNC2C2CC2)c1. The zero-order valence-corrected chi connectivity index (χ0v) is 16.3. The number of rotatable bonds is 7. The van der Waals surface area contributed by atoms with E-state index in [1.54, 1.807) is 6.07 Å². The first-order valence-electron chi connectivity index (χ1n) is 9.75. The Labute approximate surface area is 166 Å². The molecule has 2 aliphatic rings. The Hall–Kier alpha value is -3.13. The number of benzene rings is 2. The van der Waals surface area contributed by atoms with E-state index in [0.29, 0.717) is 18.3 Å². The number of nitrogens with zero attached hydrogens (tertiary/aromatic N) is 2. The Morgan fingerprint density at radius 2 is 2.11 bits per heavy atom. The Morgan fingerprint density at radius 3 is 2.86 bits per heavy atom. The van der Waals surface area contributed by atoms with Crippen molar-refractivity contribution in [2.75, 3.05) is 11.5 Å². The normalized spacial score (nSPS) is 19.0. The van der Waals surface area contributed by atoms with Crippen molar-refractivity contribution in [1.29, 1.82) is 5.26 Å². The largest absolute Gasteiger partial charge is 0.490 e. The molecule has 0 amide bonds. The molecule has 0 aromatic heterocycles. The minimum absolute atomic E-state index is 0.108. The minimum atomic E-state index is -0.108. The predicted molar refractivity (Wildman–Crippen MR) is 109 cm³/mol. The number of hydrogen-bond donors (Lipinski definition) is 1. The van der Waals surface area contributed by atoms with E-state index in [2.05, 4.69) is 34.6 Å². The molecule has 0 saturated heterocycles. The van der Waals surface area contributed by atoms with Crippen molar-refractivity contribution in [2.24, 2.45) is 5.92 Å². The monoisotopic (exact) mass is 375 g/mol. The maximum absolute atomic E-state index is 8.97. The minimum Gasteiger partial charge on any atom is -0.490 e. The molecule has 2 aromatic carbocycles. The van der Waals surface area contributed by atoms with E-state index < -0.39 is 0 Å². The third-order valence-electron chi connectivity index (χ3n) is 5.10. The second-order valence-corrected chi connectivity index (χ2v) is 7.50. The fourth-order valence-electron chi connectivity index (χ4n) is 3.47. The zero-order chi connectivity index (χ0) is 19.5. The van der Waals surface area contributed by atoms with Crippen molar-refractivity contribution >= 4 is 5.69 Å². The van der Waals surface area contributed by atoms with Crippen LogP contribution in [-0.2, 0) is 0 Å². The molecule has 2 atom stereocenters. The second kappa shape index (κ2) is 7.85. The molecule has 2 aromatic rings. The van der Waals surface area contributed by atoms with E-state index in [-0.39, 0.29) is 6.10 Å². The van der Waals surface area contributed by atoms with E-state index >= 15 is 0 Å². The van der Waals surface area contributed by atoms with Gasteiger partial charge in [-0.05, 0) is 68.5 Å². The van der Waals surface area contributed by atoms with Gasteiger partial charge >= 0.3 is 0 Å². The maximum atomic E-state index is 8.97. The van der Waals surface area contributed by atoms with Crippen molar-refractivity contribution < 1.29 is 9.47 Å². The van der Waals surface area contributed by atoms with Gasteiger partial charge in [0, 0.05) is 24.2 Å². The second-order valence-electron chi connectivity index (χ2n) is 7.50. The Balaban J connectivity index is 1.36. The number of ether oxygens (including phenoxy) is 2. The lowest BCUT2D eigenvalue weighted by Gasteiger charge is -2.26. The molecular weight excluding hydrogens is 350 g/mol. The topological polar surface area (TPSA) is 57.5 Å². The van der Waals surface area contributed by atoms with Gasteiger partial charge < -0.3 is 19.7 Å². The lowest BCUT2D eigenvalue weighted by Crippen LogP contribution is -2.37. The summed E-state index contributed by atoms with van der Waals surface area (Å²) in [4.78, 5) is 2.28. The molecule has 1 aliphatic carbocycles. The standard InChI is InChI=1S/C23H25N3O2/c1-16-12-18(14-24)6-9-22(16)28-17(2)15-27-21-5-3-4-20(13-21)26-11-10-25-23(26)19-7-8-19/h3-6,9-13,17,19,23,25H,7-8,15H2,1-2H3/t17-,23?/m1/s1. The van der Waals surface area contributed by atoms with Crippen molar-refractivity contribution in [1.82, 2.24) is 5.32 Å². The molecule has 1 fully saturated rings. The van der Waals surface area contributed by atoms with Crippen LogP contribution >= 0.6 is 0 Å². The summed E-state index contributed by atoms with van der Waals surface area (Å²) in [5, 5.41) is 12.4. The Kier molecular flexibility index (Phi) is 5.12. The van der Waals surface area contributed by atoms with Crippen molar-refractivity contribution in [3.8, 4) is 17.6 Å². The summed E-state index contributed by atoms with van der Waals surface area (Å²) in [7, 11) is 0. The summed E-state index contributed by atoms with van der Waals surface area (Å²) in [6.45, 7) is 4.38. The highest BCUT2D eigenvalue weighted by atomic mass is 16.5. The molecule has 1 saturated carbocycles. The zero-order valence-electron chi connectivity index (χ0n) is 16.3. The van der Waals surface area contributed by atoms with Crippen LogP contribution in [-0.4, -0.2) is 18.9 Å². The number of nitrogens with one attached hydrogen (secondary N) is 1. The fraction of sp³-hybridized carbons (Fsp3) is 0.348. The summed E-state index contributed by atoms with van der Waals surface area (Å²) < 4.78 is 12.0. The summed E-state index contributed by atoms with van der Waals surface area (Å²) in [5.74, 6) is 2.34. The van der Waals surface area contributed by atoms with Gasteiger partial charge in [0.05, 0.1) is 11.6 Å². The summed E-state index contributed by atoms with van der Waals surface area (Å²) in [6, 6.07) is 15.8. The molecule has 5 heteroatoms. The first-order valence-corrected chi connectivity index (χ1v) is 9.75.